The Kier molecular flexibility index (Phi) is 2.86. The fraction of sp³-hybridized carbons (Fsp3) is 0.300. The Labute approximate surface area is 81.4 Å². The van der Waals surface area contributed by atoms with Gasteiger partial charge in [0.2, 0.25) is 0 Å². The lowest BCUT2D eigenvalue weighted by molar-refractivity contribution is -0.142. The monoisotopic (exact) mass is 197 g/mol. The van der Waals surface area contributed by atoms with Crippen molar-refractivity contribution in [2.45, 2.75) is 18.9 Å². The van der Waals surface area contributed by atoms with Crippen LogP contribution in [-0.2, 0) is 11.2 Å². The third-order valence-electron chi connectivity index (χ3n) is 1.97. The number of carbonyl (C=O) groups is 1. The zero-order valence-electron chi connectivity index (χ0n) is 7.83. The molecule has 0 amide bonds. The number of nitrogens with two attached hydrogens (primary N) is 1. The third kappa shape index (κ3) is 2.53. The van der Waals surface area contributed by atoms with Crippen molar-refractivity contribution in [2.75, 3.05) is 0 Å². The van der Waals surface area contributed by atoms with E-state index in [0.717, 1.165) is 0 Å². The van der Waals surface area contributed by atoms with Gasteiger partial charge < -0.3 is 10.8 Å². The summed E-state index contributed by atoms with van der Waals surface area (Å²) in [5.74, 6) is -1.41. The van der Waals surface area contributed by atoms with Crippen LogP contribution >= 0.6 is 0 Å². The predicted molar refractivity (Wildman–Crippen MR) is 50.3 cm³/mol. The lowest BCUT2D eigenvalue weighted by atomic mass is 9.94. The number of carboxylic acid groups (broad SMARTS) is 1. The Morgan fingerprint density at radius 2 is 2.00 bits per heavy atom. The second-order valence-electron chi connectivity index (χ2n) is 3.53. The molecule has 0 aromatic heterocycles. The molecule has 1 aromatic rings. The summed E-state index contributed by atoms with van der Waals surface area (Å²) in [7, 11) is 0. The van der Waals surface area contributed by atoms with Crippen LogP contribution in [0.1, 0.15) is 12.5 Å². The van der Waals surface area contributed by atoms with Crippen LogP contribution in [0.4, 0.5) is 4.39 Å². The van der Waals surface area contributed by atoms with E-state index in [2.05, 4.69) is 0 Å². The van der Waals surface area contributed by atoms with Gasteiger partial charge in [0.05, 0.1) is 0 Å². The van der Waals surface area contributed by atoms with E-state index >= 15 is 0 Å². The molecule has 0 radical (unpaired) electrons. The molecule has 3 nitrogen and oxygen atoms in total. The quantitative estimate of drug-likeness (QED) is 0.764. The Hall–Kier alpha value is -1.42. The minimum Gasteiger partial charge on any atom is -0.480 e. The van der Waals surface area contributed by atoms with Crippen molar-refractivity contribution in [3.63, 3.8) is 0 Å². The first-order valence-corrected chi connectivity index (χ1v) is 4.18. The zero-order valence-corrected chi connectivity index (χ0v) is 7.83. The average molecular weight is 197 g/mol. The SMILES string of the molecule is CC(N)(Cc1ccc(F)cc1)C(=O)O. The van der Waals surface area contributed by atoms with Crippen LogP contribution in [0.25, 0.3) is 0 Å². The van der Waals surface area contributed by atoms with Gasteiger partial charge in [-0.3, -0.25) is 4.79 Å². The molecule has 3 N–H and O–H groups in total. The topological polar surface area (TPSA) is 63.3 Å². The molecule has 0 aliphatic heterocycles. The maximum Gasteiger partial charge on any atom is 0.323 e. The molecule has 1 aromatic carbocycles. The van der Waals surface area contributed by atoms with Crippen LogP contribution in [0.3, 0.4) is 0 Å². The fourth-order valence-corrected chi connectivity index (χ4v) is 1.10. The molecule has 0 aliphatic rings. The number of hydrogen-bond donors (Lipinski definition) is 2. The van der Waals surface area contributed by atoms with E-state index < -0.39 is 11.5 Å². The van der Waals surface area contributed by atoms with Crippen molar-refractivity contribution < 1.29 is 14.3 Å². The van der Waals surface area contributed by atoms with E-state index in [0.29, 0.717) is 5.56 Å². The molecule has 0 heterocycles. The van der Waals surface area contributed by atoms with E-state index in [-0.39, 0.29) is 12.2 Å². The zero-order chi connectivity index (χ0) is 10.8. The van der Waals surface area contributed by atoms with Gasteiger partial charge in [0.15, 0.2) is 0 Å². The Bertz CT molecular complexity index is 332. The summed E-state index contributed by atoms with van der Waals surface area (Å²) in [6.45, 7) is 1.43. The summed E-state index contributed by atoms with van der Waals surface area (Å²) >= 11 is 0. The maximum atomic E-state index is 12.5. The second-order valence-corrected chi connectivity index (χ2v) is 3.53. The highest BCUT2D eigenvalue weighted by atomic mass is 19.1. The van der Waals surface area contributed by atoms with Gasteiger partial charge in [-0.1, -0.05) is 12.1 Å². The first-order valence-electron chi connectivity index (χ1n) is 4.18. The van der Waals surface area contributed by atoms with Crippen molar-refractivity contribution in [1.29, 1.82) is 0 Å². The standard InChI is InChI=1S/C10H12FNO2/c1-10(12,9(13)14)6-7-2-4-8(11)5-3-7/h2-5H,6,12H2,1H3,(H,13,14). The lowest BCUT2D eigenvalue weighted by Crippen LogP contribution is -2.46. The number of benzene rings is 1. The van der Waals surface area contributed by atoms with E-state index in [1.165, 1.54) is 31.2 Å². The first kappa shape index (κ1) is 10.7. The van der Waals surface area contributed by atoms with E-state index in [4.69, 9.17) is 10.8 Å². The molecule has 0 fully saturated rings. The summed E-state index contributed by atoms with van der Waals surface area (Å²) < 4.78 is 12.5. The van der Waals surface area contributed by atoms with Crippen LogP contribution in [0.2, 0.25) is 0 Å². The number of halogens is 1. The van der Waals surface area contributed by atoms with Crippen LogP contribution in [0.15, 0.2) is 24.3 Å². The number of hydrogen-bond acceptors (Lipinski definition) is 2. The Balaban J connectivity index is 2.79. The van der Waals surface area contributed by atoms with Gasteiger partial charge in [0.25, 0.3) is 0 Å². The predicted octanol–water partition coefficient (Wildman–Crippen LogP) is 1.17. The van der Waals surface area contributed by atoms with Crippen molar-refractivity contribution in [2.24, 2.45) is 5.73 Å². The van der Waals surface area contributed by atoms with E-state index in [1.54, 1.807) is 0 Å². The molecule has 0 bridgehead atoms. The minimum absolute atomic E-state index is 0.183. The molecular weight excluding hydrogens is 185 g/mol. The van der Waals surface area contributed by atoms with Crippen molar-refractivity contribution in [3.8, 4) is 0 Å². The minimum atomic E-state index is -1.31. The fourth-order valence-electron chi connectivity index (χ4n) is 1.10. The highest BCUT2D eigenvalue weighted by Gasteiger charge is 2.27. The largest absolute Gasteiger partial charge is 0.480 e. The molecule has 4 heteroatoms. The molecule has 14 heavy (non-hydrogen) atoms. The van der Waals surface area contributed by atoms with Crippen molar-refractivity contribution in [1.82, 2.24) is 0 Å². The molecule has 0 aliphatic carbocycles. The van der Waals surface area contributed by atoms with E-state index in [9.17, 15) is 9.18 Å². The van der Waals surface area contributed by atoms with Gasteiger partial charge in [-0.2, -0.15) is 0 Å². The van der Waals surface area contributed by atoms with Gasteiger partial charge in [-0.05, 0) is 24.6 Å². The van der Waals surface area contributed by atoms with Crippen LogP contribution in [0, 0.1) is 5.82 Å². The summed E-state index contributed by atoms with van der Waals surface area (Å²) in [6, 6.07) is 5.63. The molecule has 76 valence electrons. The van der Waals surface area contributed by atoms with Crippen LogP contribution < -0.4 is 5.73 Å². The van der Waals surface area contributed by atoms with E-state index in [1.807, 2.05) is 0 Å². The second kappa shape index (κ2) is 3.75. The molecule has 1 unspecified atom stereocenters. The average Bonchev–Trinajstić information content (AvgIpc) is 2.08. The lowest BCUT2D eigenvalue weighted by Gasteiger charge is -2.18. The maximum absolute atomic E-state index is 12.5. The molecule has 1 atom stereocenters. The Morgan fingerprint density at radius 3 is 2.43 bits per heavy atom. The van der Waals surface area contributed by atoms with Gasteiger partial charge in [0.1, 0.15) is 11.4 Å². The van der Waals surface area contributed by atoms with Gasteiger partial charge in [-0.15, -0.1) is 0 Å². The smallest absolute Gasteiger partial charge is 0.323 e. The molecule has 0 saturated heterocycles. The third-order valence-corrected chi connectivity index (χ3v) is 1.97. The highest BCUT2D eigenvalue weighted by Crippen LogP contribution is 2.11. The molecule has 1 rings (SSSR count). The summed E-state index contributed by atoms with van der Waals surface area (Å²) in [4.78, 5) is 10.7. The molecule has 0 saturated carbocycles. The first-order chi connectivity index (χ1) is 6.42. The number of rotatable bonds is 3. The van der Waals surface area contributed by atoms with Gasteiger partial charge in [0, 0.05) is 6.42 Å². The number of aliphatic carboxylic acids is 1. The summed E-state index contributed by atoms with van der Waals surface area (Å²) in [6.07, 6.45) is 0.183. The van der Waals surface area contributed by atoms with Gasteiger partial charge in [-0.25, -0.2) is 4.39 Å². The normalized spacial score (nSPS) is 14.8. The highest BCUT2D eigenvalue weighted by molar-refractivity contribution is 5.78. The van der Waals surface area contributed by atoms with Crippen molar-refractivity contribution >= 4 is 5.97 Å². The Morgan fingerprint density at radius 1 is 1.50 bits per heavy atom. The number of carboxylic acids is 1. The summed E-state index contributed by atoms with van der Waals surface area (Å²) in [5.41, 5.74) is 4.94. The summed E-state index contributed by atoms with van der Waals surface area (Å²) in [5, 5.41) is 8.76. The molecule has 0 spiro atoms. The van der Waals surface area contributed by atoms with Crippen LogP contribution in [-0.4, -0.2) is 16.6 Å². The van der Waals surface area contributed by atoms with Crippen LogP contribution in [0.5, 0.6) is 0 Å². The molecular formula is C10H12FNO2. The van der Waals surface area contributed by atoms with Gasteiger partial charge >= 0.3 is 5.97 Å². The van der Waals surface area contributed by atoms with Crippen molar-refractivity contribution in [3.05, 3.63) is 35.6 Å².